The summed E-state index contributed by atoms with van der Waals surface area (Å²) in [6.45, 7) is -0.000832. The first-order valence-electron chi connectivity index (χ1n) is 9.89. The van der Waals surface area contributed by atoms with Gasteiger partial charge in [-0.1, -0.05) is 42.5 Å². The number of carbonyl (C=O) groups is 1. The minimum absolute atomic E-state index is 0.113. The number of aliphatic hydroxyl groups is 1. The van der Waals surface area contributed by atoms with Crippen LogP contribution in [0, 0.1) is 0 Å². The van der Waals surface area contributed by atoms with Crippen LogP contribution in [0.25, 0.3) is 22.2 Å². The molecule has 1 amide bonds. The molecule has 4 rings (SSSR count). The number of aromatic nitrogens is 1. The third kappa shape index (κ3) is 4.65. The van der Waals surface area contributed by atoms with Crippen LogP contribution >= 0.6 is 0 Å². The summed E-state index contributed by atoms with van der Waals surface area (Å²) in [7, 11) is 0. The van der Waals surface area contributed by atoms with Crippen molar-refractivity contribution in [3.8, 4) is 11.1 Å². The average Bonchev–Trinajstić information content (AvgIpc) is 3.19. The maximum atomic E-state index is 13.0. The van der Waals surface area contributed by atoms with Gasteiger partial charge < -0.3 is 14.8 Å². The van der Waals surface area contributed by atoms with E-state index < -0.39 is 11.7 Å². The van der Waals surface area contributed by atoms with Crippen molar-refractivity contribution >= 4 is 17.0 Å². The van der Waals surface area contributed by atoms with Gasteiger partial charge in [0.25, 0.3) is 5.91 Å². The molecule has 3 aromatic carbocycles. The fourth-order valence-electron chi connectivity index (χ4n) is 3.43. The number of oxazole rings is 1. The zero-order valence-corrected chi connectivity index (χ0v) is 16.8. The van der Waals surface area contributed by atoms with E-state index in [1.54, 1.807) is 36.4 Å². The van der Waals surface area contributed by atoms with Crippen molar-refractivity contribution < 1.29 is 27.5 Å². The standard InChI is InChI=1S/C24H19F3N2O3/c25-24(26,27)18-7-1-4-15(12-18)13-21-29-22-19(8-3-9-20(22)32-21)16-5-2-6-17(14-16)23(31)28-10-11-30/h1-9,12,14,30H,10-11,13H2,(H,28,31). The monoisotopic (exact) mass is 440 g/mol. The molecule has 0 fully saturated rings. The third-order valence-electron chi connectivity index (χ3n) is 4.91. The molecule has 0 saturated carbocycles. The Morgan fingerprint density at radius 1 is 1.03 bits per heavy atom. The second kappa shape index (κ2) is 8.84. The fraction of sp³-hybridized carbons (Fsp3) is 0.167. The predicted molar refractivity (Wildman–Crippen MR) is 113 cm³/mol. The number of nitrogens with zero attached hydrogens (tertiary/aromatic N) is 1. The lowest BCUT2D eigenvalue weighted by atomic mass is 10.0. The minimum atomic E-state index is -4.42. The van der Waals surface area contributed by atoms with Gasteiger partial charge in [0.05, 0.1) is 12.2 Å². The van der Waals surface area contributed by atoms with Gasteiger partial charge in [-0.25, -0.2) is 4.98 Å². The van der Waals surface area contributed by atoms with Crippen LogP contribution < -0.4 is 5.32 Å². The van der Waals surface area contributed by atoms with Crippen LogP contribution in [0.4, 0.5) is 13.2 Å². The van der Waals surface area contributed by atoms with Gasteiger partial charge in [0.1, 0.15) is 5.52 Å². The van der Waals surface area contributed by atoms with Gasteiger partial charge in [0, 0.05) is 24.1 Å². The van der Waals surface area contributed by atoms with E-state index in [1.807, 2.05) is 12.1 Å². The lowest BCUT2D eigenvalue weighted by Crippen LogP contribution is -2.26. The molecule has 0 atom stereocenters. The van der Waals surface area contributed by atoms with Crippen LogP contribution in [0.3, 0.4) is 0 Å². The third-order valence-corrected chi connectivity index (χ3v) is 4.91. The molecule has 0 aliphatic carbocycles. The van der Waals surface area contributed by atoms with Crippen molar-refractivity contribution in [2.45, 2.75) is 12.6 Å². The number of rotatable bonds is 6. The summed E-state index contributed by atoms with van der Waals surface area (Å²) in [4.78, 5) is 16.7. The summed E-state index contributed by atoms with van der Waals surface area (Å²) in [6, 6.07) is 17.4. The van der Waals surface area contributed by atoms with Crippen LogP contribution in [0.2, 0.25) is 0 Å². The number of hydrogen-bond acceptors (Lipinski definition) is 4. The maximum absolute atomic E-state index is 13.0. The molecule has 0 aliphatic heterocycles. The highest BCUT2D eigenvalue weighted by Gasteiger charge is 2.30. The lowest BCUT2D eigenvalue weighted by Gasteiger charge is -2.07. The molecule has 2 N–H and O–H groups in total. The van der Waals surface area contributed by atoms with E-state index in [2.05, 4.69) is 10.3 Å². The van der Waals surface area contributed by atoms with Crippen molar-refractivity contribution in [1.29, 1.82) is 0 Å². The van der Waals surface area contributed by atoms with Crippen LogP contribution in [0.15, 0.2) is 71.1 Å². The highest BCUT2D eigenvalue weighted by atomic mass is 19.4. The lowest BCUT2D eigenvalue weighted by molar-refractivity contribution is -0.137. The van der Waals surface area contributed by atoms with Crippen LogP contribution in [-0.2, 0) is 12.6 Å². The van der Waals surface area contributed by atoms with Gasteiger partial charge in [-0.05, 0) is 35.4 Å². The Balaban J connectivity index is 1.66. The summed E-state index contributed by atoms with van der Waals surface area (Å²) in [5.74, 6) is -0.0120. The number of carbonyl (C=O) groups excluding carboxylic acids is 1. The molecule has 0 aliphatic rings. The molecule has 164 valence electrons. The Bertz CT molecular complexity index is 1260. The Hall–Kier alpha value is -3.65. The summed E-state index contributed by atoms with van der Waals surface area (Å²) in [5.41, 5.74) is 2.69. The molecule has 4 aromatic rings. The van der Waals surface area contributed by atoms with Gasteiger partial charge in [0.15, 0.2) is 11.5 Å². The molecule has 5 nitrogen and oxygen atoms in total. The topological polar surface area (TPSA) is 75.4 Å². The number of nitrogens with one attached hydrogen (secondary N) is 1. The van der Waals surface area contributed by atoms with Crippen molar-refractivity contribution in [3.63, 3.8) is 0 Å². The summed E-state index contributed by atoms with van der Waals surface area (Å²) in [5, 5.41) is 11.5. The number of aliphatic hydroxyl groups excluding tert-OH is 1. The number of alkyl halides is 3. The molecule has 8 heteroatoms. The number of halogens is 3. The van der Waals surface area contributed by atoms with Gasteiger partial charge in [-0.15, -0.1) is 0 Å². The number of benzene rings is 3. The largest absolute Gasteiger partial charge is 0.440 e. The Labute approximate surface area is 181 Å². The van der Waals surface area contributed by atoms with Crippen molar-refractivity contribution in [1.82, 2.24) is 10.3 Å². The molecule has 32 heavy (non-hydrogen) atoms. The van der Waals surface area contributed by atoms with Gasteiger partial charge in [-0.2, -0.15) is 13.2 Å². The molecule has 0 saturated heterocycles. The van der Waals surface area contributed by atoms with Crippen LogP contribution in [0.5, 0.6) is 0 Å². The molecule has 0 unspecified atom stereocenters. The Morgan fingerprint density at radius 3 is 2.59 bits per heavy atom. The Kier molecular flexibility index (Phi) is 5.96. The summed E-state index contributed by atoms with van der Waals surface area (Å²) < 4.78 is 44.8. The highest BCUT2D eigenvalue weighted by molar-refractivity contribution is 5.97. The van der Waals surface area contributed by atoms with E-state index in [9.17, 15) is 18.0 Å². The van der Waals surface area contributed by atoms with Crippen molar-refractivity contribution in [3.05, 3.63) is 89.3 Å². The van der Waals surface area contributed by atoms with Crippen molar-refractivity contribution in [2.75, 3.05) is 13.2 Å². The first kappa shape index (κ1) is 21.6. The average molecular weight is 440 g/mol. The highest BCUT2D eigenvalue weighted by Crippen LogP contribution is 2.32. The van der Waals surface area contributed by atoms with E-state index in [0.29, 0.717) is 28.1 Å². The molecule has 0 spiro atoms. The fourth-order valence-corrected chi connectivity index (χ4v) is 3.43. The van der Waals surface area contributed by atoms with Gasteiger partial charge >= 0.3 is 6.18 Å². The molecule has 0 radical (unpaired) electrons. The number of fused-ring (bicyclic) bond motifs is 1. The zero-order valence-electron chi connectivity index (χ0n) is 16.8. The zero-order chi connectivity index (χ0) is 22.7. The van der Waals surface area contributed by atoms with E-state index in [1.165, 1.54) is 6.07 Å². The van der Waals surface area contributed by atoms with Crippen LogP contribution in [-0.4, -0.2) is 29.1 Å². The first-order valence-corrected chi connectivity index (χ1v) is 9.89. The van der Waals surface area contributed by atoms with Crippen LogP contribution in [0.1, 0.15) is 27.4 Å². The molecular formula is C24H19F3N2O3. The van der Waals surface area contributed by atoms with E-state index >= 15 is 0 Å². The number of amides is 1. The Morgan fingerprint density at radius 2 is 1.81 bits per heavy atom. The normalized spacial score (nSPS) is 11.6. The summed E-state index contributed by atoms with van der Waals surface area (Å²) >= 11 is 0. The van der Waals surface area contributed by atoms with Gasteiger partial charge in [0.2, 0.25) is 0 Å². The molecule has 1 aromatic heterocycles. The maximum Gasteiger partial charge on any atom is 0.416 e. The van der Waals surface area contributed by atoms with Gasteiger partial charge in [-0.3, -0.25) is 4.79 Å². The molecular weight excluding hydrogens is 421 g/mol. The molecule has 0 bridgehead atoms. The van der Waals surface area contributed by atoms with E-state index in [-0.39, 0.29) is 25.5 Å². The second-order valence-corrected chi connectivity index (χ2v) is 7.20. The van der Waals surface area contributed by atoms with E-state index in [0.717, 1.165) is 23.3 Å². The number of para-hydroxylation sites is 1. The molecule has 1 heterocycles. The first-order chi connectivity index (χ1) is 15.3. The smallest absolute Gasteiger partial charge is 0.416 e. The predicted octanol–water partition coefficient (Wildman–Crippen LogP) is 4.83. The van der Waals surface area contributed by atoms with Crippen molar-refractivity contribution in [2.24, 2.45) is 0 Å². The second-order valence-electron chi connectivity index (χ2n) is 7.20. The number of hydrogen-bond donors (Lipinski definition) is 2. The summed E-state index contributed by atoms with van der Waals surface area (Å²) in [6.07, 6.45) is -4.30. The SMILES string of the molecule is O=C(NCCO)c1cccc(-c2cccc3oc(Cc4cccc(C(F)(F)F)c4)nc23)c1. The minimum Gasteiger partial charge on any atom is -0.440 e. The quantitative estimate of drug-likeness (QED) is 0.451. The van der Waals surface area contributed by atoms with E-state index in [4.69, 9.17) is 9.52 Å².